The van der Waals surface area contributed by atoms with Crippen molar-refractivity contribution in [3.63, 3.8) is 0 Å². The van der Waals surface area contributed by atoms with Gasteiger partial charge in [-0.3, -0.25) is 0 Å². The molecule has 0 saturated heterocycles. The number of para-hydroxylation sites is 1. The number of anilines is 1. The molecule has 4 heteroatoms. The van der Waals surface area contributed by atoms with E-state index in [9.17, 15) is 5.11 Å². The fourth-order valence-electron chi connectivity index (χ4n) is 2.24. The number of benzene rings is 2. The van der Waals surface area contributed by atoms with Gasteiger partial charge in [0.2, 0.25) is 0 Å². The second-order valence-electron chi connectivity index (χ2n) is 4.62. The van der Waals surface area contributed by atoms with Crippen LogP contribution in [0.1, 0.15) is 11.1 Å². The summed E-state index contributed by atoms with van der Waals surface area (Å²) in [5.41, 5.74) is 2.55. The zero-order chi connectivity index (χ0) is 15.1. The number of nitriles is 1. The summed E-state index contributed by atoms with van der Waals surface area (Å²) in [6, 6.07) is 17.4. The van der Waals surface area contributed by atoms with Crippen molar-refractivity contribution in [3.05, 3.63) is 59.7 Å². The average molecular weight is 282 g/mol. The van der Waals surface area contributed by atoms with Crippen LogP contribution in [-0.2, 0) is 6.54 Å². The molecule has 0 saturated carbocycles. The molecule has 4 nitrogen and oxygen atoms in total. The van der Waals surface area contributed by atoms with Crippen LogP contribution in [0, 0.1) is 11.3 Å². The van der Waals surface area contributed by atoms with Crippen LogP contribution in [0.3, 0.4) is 0 Å². The first-order valence-corrected chi connectivity index (χ1v) is 6.76. The maximum absolute atomic E-state index is 9.28. The minimum Gasteiger partial charge on any atom is -0.496 e. The lowest BCUT2D eigenvalue weighted by Crippen LogP contribution is -2.26. The molecule has 0 amide bonds. The standard InChI is InChI=1S/C17H18N2O2/c1-21-17-8-7-14(12-18)11-15(17)13-19(9-10-20)16-5-3-2-4-6-16/h2-8,11,20H,9-10,13H2,1H3. The first-order valence-electron chi connectivity index (χ1n) is 6.76. The van der Waals surface area contributed by atoms with E-state index < -0.39 is 0 Å². The Morgan fingerprint density at radius 3 is 2.57 bits per heavy atom. The summed E-state index contributed by atoms with van der Waals surface area (Å²) in [6.07, 6.45) is 0. The van der Waals surface area contributed by atoms with E-state index in [1.54, 1.807) is 19.2 Å². The van der Waals surface area contributed by atoms with E-state index in [0.29, 0.717) is 18.7 Å². The van der Waals surface area contributed by atoms with Gasteiger partial charge in [-0.1, -0.05) is 18.2 Å². The zero-order valence-electron chi connectivity index (χ0n) is 12.0. The molecule has 2 aromatic carbocycles. The smallest absolute Gasteiger partial charge is 0.123 e. The summed E-state index contributed by atoms with van der Waals surface area (Å²) in [4.78, 5) is 2.05. The predicted octanol–water partition coefficient (Wildman–Crippen LogP) is 2.57. The first-order chi connectivity index (χ1) is 10.3. The van der Waals surface area contributed by atoms with E-state index >= 15 is 0 Å². The van der Waals surface area contributed by atoms with Crippen molar-refractivity contribution >= 4 is 5.69 Å². The molecule has 0 aliphatic heterocycles. The second kappa shape index (κ2) is 7.32. The van der Waals surface area contributed by atoms with Gasteiger partial charge in [0, 0.05) is 24.3 Å². The van der Waals surface area contributed by atoms with Crippen LogP contribution >= 0.6 is 0 Å². The van der Waals surface area contributed by atoms with Crippen LogP contribution in [0.15, 0.2) is 48.5 Å². The van der Waals surface area contributed by atoms with E-state index in [1.807, 2.05) is 36.4 Å². The van der Waals surface area contributed by atoms with Gasteiger partial charge in [-0.05, 0) is 30.3 Å². The Hall–Kier alpha value is -2.51. The quantitative estimate of drug-likeness (QED) is 0.884. The minimum absolute atomic E-state index is 0.0646. The predicted molar refractivity (Wildman–Crippen MR) is 82.3 cm³/mol. The van der Waals surface area contributed by atoms with Crippen molar-refractivity contribution in [1.82, 2.24) is 0 Å². The van der Waals surface area contributed by atoms with Crippen LogP contribution < -0.4 is 9.64 Å². The SMILES string of the molecule is COc1ccc(C#N)cc1CN(CCO)c1ccccc1. The highest BCUT2D eigenvalue weighted by molar-refractivity contribution is 5.49. The highest BCUT2D eigenvalue weighted by Crippen LogP contribution is 2.24. The van der Waals surface area contributed by atoms with E-state index in [1.165, 1.54) is 0 Å². The lowest BCUT2D eigenvalue weighted by molar-refractivity contribution is 0.301. The average Bonchev–Trinajstić information content (AvgIpc) is 2.55. The summed E-state index contributed by atoms with van der Waals surface area (Å²) < 4.78 is 5.36. The van der Waals surface area contributed by atoms with Crippen LogP contribution in [0.25, 0.3) is 0 Å². The van der Waals surface area contributed by atoms with Crippen LogP contribution in [0.2, 0.25) is 0 Å². The van der Waals surface area contributed by atoms with Gasteiger partial charge in [0.15, 0.2) is 0 Å². The minimum atomic E-state index is 0.0646. The number of methoxy groups -OCH3 is 1. The maximum Gasteiger partial charge on any atom is 0.123 e. The van der Waals surface area contributed by atoms with Gasteiger partial charge in [-0.15, -0.1) is 0 Å². The number of nitrogens with zero attached hydrogens (tertiary/aromatic N) is 2. The molecule has 0 spiro atoms. The Labute approximate surface area is 124 Å². The van der Waals surface area contributed by atoms with Crippen molar-refractivity contribution in [2.45, 2.75) is 6.54 Å². The lowest BCUT2D eigenvalue weighted by atomic mass is 10.1. The summed E-state index contributed by atoms with van der Waals surface area (Å²) in [6.45, 7) is 1.16. The Bertz CT molecular complexity index is 620. The van der Waals surface area contributed by atoms with Gasteiger partial charge in [0.25, 0.3) is 0 Å². The van der Waals surface area contributed by atoms with Crippen molar-refractivity contribution < 1.29 is 9.84 Å². The molecule has 0 unspecified atom stereocenters. The molecule has 21 heavy (non-hydrogen) atoms. The molecule has 0 radical (unpaired) electrons. The maximum atomic E-state index is 9.28. The number of hydrogen-bond acceptors (Lipinski definition) is 4. The van der Waals surface area contributed by atoms with Crippen molar-refractivity contribution in [2.75, 3.05) is 25.2 Å². The Morgan fingerprint density at radius 2 is 1.95 bits per heavy atom. The van der Waals surface area contributed by atoms with E-state index in [-0.39, 0.29) is 6.61 Å². The van der Waals surface area contributed by atoms with Gasteiger partial charge in [-0.25, -0.2) is 0 Å². The molecule has 0 bridgehead atoms. The van der Waals surface area contributed by atoms with Crippen molar-refractivity contribution in [2.24, 2.45) is 0 Å². The lowest BCUT2D eigenvalue weighted by Gasteiger charge is -2.25. The Balaban J connectivity index is 2.30. The summed E-state index contributed by atoms with van der Waals surface area (Å²) in [5, 5.41) is 18.3. The molecule has 0 aliphatic carbocycles. The van der Waals surface area contributed by atoms with E-state index in [4.69, 9.17) is 10.00 Å². The second-order valence-corrected chi connectivity index (χ2v) is 4.62. The monoisotopic (exact) mass is 282 g/mol. The molecule has 0 aliphatic rings. The Morgan fingerprint density at radius 1 is 1.19 bits per heavy atom. The number of aliphatic hydroxyl groups is 1. The first kappa shape index (κ1) is 14.9. The fourth-order valence-corrected chi connectivity index (χ4v) is 2.24. The highest BCUT2D eigenvalue weighted by Gasteiger charge is 2.11. The largest absolute Gasteiger partial charge is 0.496 e. The number of aliphatic hydroxyl groups excluding tert-OH is 1. The summed E-state index contributed by atoms with van der Waals surface area (Å²) in [7, 11) is 1.61. The zero-order valence-corrected chi connectivity index (χ0v) is 12.0. The van der Waals surface area contributed by atoms with Gasteiger partial charge >= 0.3 is 0 Å². The molecule has 0 aromatic heterocycles. The van der Waals surface area contributed by atoms with E-state index in [2.05, 4.69) is 11.0 Å². The number of ether oxygens (including phenoxy) is 1. The molecular formula is C17H18N2O2. The number of rotatable bonds is 6. The summed E-state index contributed by atoms with van der Waals surface area (Å²) in [5.74, 6) is 0.743. The third-order valence-corrected chi connectivity index (χ3v) is 3.26. The molecule has 0 fully saturated rings. The molecule has 2 aromatic rings. The van der Waals surface area contributed by atoms with Crippen LogP contribution in [0.4, 0.5) is 5.69 Å². The molecule has 1 N–H and O–H groups in total. The molecule has 0 heterocycles. The molecule has 2 rings (SSSR count). The van der Waals surface area contributed by atoms with Crippen LogP contribution in [-0.4, -0.2) is 25.4 Å². The normalized spacial score (nSPS) is 9.95. The number of hydrogen-bond donors (Lipinski definition) is 1. The van der Waals surface area contributed by atoms with Crippen molar-refractivity contribution in [3.8, 4) is 11.8 Å². The topological polar surface area (TPSA) is 56.5 Å². The van der Waals surface area contributed by atoms with Gasteiger partial charge in [0.1, 0.15) is 5.75 Å². The van der Waals surface area contributed by atoms with Gasteiger partial charge in [0.05, 0.1) is 25.3 Å². The van der Waals surface area contributed by atoms with Gasteiger partial charge < -0.3 is 14.7 Å². The molecule has 108 valence electrons. The third-order valence-electron chi connectivity index (χ3n) is 3.26. The molecular weight excluding hydrogens is 264 g/mol. The van der Waals surface area contributed by atoms with Crippen molar-refractivity contribution in [1.29, 1.82) is 5.26 Å². The highest BCUT2D eigenvalue weighted by atomic mass is 16.5. The van der Waals surface area contributed by atoms with Crippen LogP contribution in [0.5, 0.6) is 5.75 Å². The fraction of sp³-hybridized carbons (Fsp3) is 0.235. The van der Waals surface area contributed by atoms with Gasteiger partial charge in [-0.2, -0.15) is 5.26 Å². The summed E-state index contributed by atoms with van der Waals surface area (Å²) >= 11 is 0. The third kappa shape index (κ3) is 3.74. The molecule has 0 atom stereocenters. The van der Waals surface area contributed by atoms with E-state index in [0.717, 1.165) is 17.0 Å². The Kier molecular flexibility index (Phi) is 5.19.